The van der Waals surface area contributed by atoms with E-state index in [1.165, 1.54) is 19.3 Å². The number of amides is 1. The summed E-state index contributed by atoms with van der Waals surface area (Å²) in [6.45, 7) is 3.44. The van der Waals surface area contributed by atoms with Crippen molar-refractivity contribution in [2.75, 3.05) is 20.3 Å². The first-order chi connectivity index (χ1) is 10.7. The van der Waals surface area contributed by atoms with Gasteiger partial charge in [-0.15, -0.1) is 0 Å². The van der Waals surface area contributed by atoms with Gasteiger partial charge in [-0.3, -0.25) is 4.79 Å². The van der Waals surface area contributed by atoms with E-state index in [1.807, 2.05) is 24.3 Å². The Bertz CT molecular complexity index is 458. The Morgan fingerprint density at radius 2 is 1.95 bits per heavy atom. The molecule has 2 atom stereocenters. The first-order valence-corrected chi connectivity index (χ1v) is 8.20. The molecule has 1 aliphatic rings. The molecule has 4 nitrogen and oxygen atoms in total. The second kappa shape index (κ2) is 8.79. The zero-order chi connectivity index (χ0) is 15.8. The maximum atomic E-state index is 11.9. The number of rotatable bonds is 7. The minimum absolute atomic E-state index is 0.0328. The van der Waals surface area contributed by atoms with Crippen LogP contribution >= 0.6 is 0 Å². The zero-order valence-electron chi connectivity index (χ0n) is 13.6. The van der Waals surface area contributed by atoms with Gasteiger partial charge in [-0.2, -0.15) is 0 Å². The molecule has 0 spiro atoms. The van der Waals surface area contributed by atoms with Crippen molar-refractivity contribution in [2.24, 2.45) is 5.92 Å². The fourth-order valence-electron chi connectivity index (χ4n) is 2.92. The summed E-state index contributed by atoms with van der Waals surface area (Å²) in [6, 6.07) is 7.57. The second-order valence-corrected chi connectivity index (χ2v) is 6.05. The highest BCUT2D eigenvalue weighted by molar-refractivity contribution is 5.78. The summed E-state index contributed by atoms with van der Waals surface area (Å²) < 4.78 is 11.0. The van der Waals surface area contributed by atoms with Crippen molar-refractivity contribution in [1.82, 2.24) is 5.32 Å². The lowest BCUT2D eigenvalue weighted by molar-refractivity contribution is -0.120. The van der Waals surface area contributed by atoms with Crippen molar-refractivity contribution in [2.45, 2.75) is 45.1 Å². The van der Waals surface area contributed by atoms with Crippen LogP contribution in [0.15, 0.2) is 24.3 Å². The molecule has 1 amide bonds. The van der Waals surface area contributed by atoms with E-state index in [0.717, 1.165) is 17.7 Å². The molecule has 1 saturated carbocycles. The van der Waals surface area contributed by atoms with Crippen LogP contribution in [0, 0.1) is 5.92 Å². The first kappa shape index (κ1) is 16.8. The molecule has 4 heteroatoms. The van der Waals surface area contributed by atoms with Crippen LogP contribution in [-0.2, 0) is 16.0 Å². The summed E-state index contributed by atoms with van der Waals surface area (Å²) in [5.41, 5.74) is 0.986. The molecule has 0 bridgehead atoms. The van der Waals surface area contributed by atoms with E-state index in [4.69, 9.17) is 9.47 Å². The fraction of sp³-hybridized carbons (Fsp3) is 0.611. The summed E-state index contributed by atoms with van der Waals surface area (Å²) in [5.74, 6) is 1.48. The number of ether oxygens (including phenoxy) is 2. The number of benzene rings is 1. The summed E-state index contributed by atoms with van der Waals surface area (Å²) in [7, 11) is 1.63. The van der Waals surface area contributed by atoms with Gasteiger partial charge >= 0.3 is 0 Å². The predicted octanol–water partition coefficient (Wildman–Crippen LogP) is 2.95. The molecule has 0 heterocycles. The third-order valence-electron chi connectivity index (χ3n) is 4.31. The monoisotopic (exact) mass is 305 g/mol. The molecule has 1 aromatic carbocycles. The number of hydrogen-bond donors (Lipinski definition) is 1. The minimum atomic E-state index is 0.0328. The van der Waals surface area contributed by atoms with Crippen molar-refractivity contribution < 1.29 is 14.3 Å². The average Bonchev–Trinajstić information content (AvgIpc) is 2.54. The van der Waals surface area contributed by atoms with Gasteiger partial charge in [0.15, 0.2) is 0 Å². The predicted molar refractivity (Wildman–Crippen MR) is 87.1 cm³/mol. The number of hydrogen-bond acceptors (Lipinski definition) is 3. The van der Waals surface area contributed by atoms with Crippen LogP contribution in [0.25, 0.3) is 0 Å². The highest BCUT2D eigenvalue weighted by Gasteiger charge is 2.21. The largest absolute Gasteiger partial charge is 0.497 e. The summed E-state index contributed by atoms with van der Waals surface area (Å²) in [5, 5.41) is 2.92. The number of carbonyl (C=O) groups is 1. The lowest BCUT2D eigenvalue weighted by Crippen LogP contribution is -2.32. The Kier molecular flexibility index (Phi) is 6.72. The zero-order valence-corrected chi connectivity index (χ0v) is 13.6. The van der Waals surface area contributed by atoms with Gasteiger partial charge in [-0.1, -0.05) is 31.9 Å². The molecule has 1 fully saturated rings. The van der Waals surface area contributed by atoms with Gasteiger partial charge in [0.1, 0.15) is 5.75 Å². The topological polar surface area (TPSA) is 47.6 Å². The standard InChI is InChI=1S/C18H27NO3/c1-14-5-3-4-6-17(14)22-12-11-19-18(20)13-15-7-9-16(21-2)10-8-15/h7-10,14,17H,3-6,11-13H2,1-2H3,(H,19,20)/t14-,17-/m1/s1. The van der Waals surface area contributed by atoms with Crippen LogP contribution in [0.2, 0.25) is 0 Å². The smallest absolute Gasteiger partial charge is 0.224 e. The molecule has 0 aliphatic heterocycles. The Morgan fingerprint density at radius 1 is 1.23 bits per heavy atom. The molecule has 0 unspecified atom stereocenters. The molecule has 1 aromatic rings. The molecular weight excluding hydrogens is 278 g/mol. The van der Waals surface area contributed by atoms with Crippen LogP contribution in [0.4, 0.5) is 0 Å². The molecular formula is C18H27NO3. The number of carbonyl (C=O) groups excluding carboxylic acids is 1. The Hall–Kier alpha value is -1.55. The lowest BCUT2D eigenvalue weighted by Gasteiger charge is -2.28. The van der Waals surface area contributed by atoms with E-state index < -0.39 is 0 Å². The van der Waals surface area contributed by atoms with E-state index in [-0.39, 0.29) is 5.91 Å². The summed E-state index contributed by atoms with van der Waals surface area (Å²) in [6.07, 6.45) is 5.75. The van der Waals surface area contributed by atoms with Gasteiger partial charge in [0, 0.05) is 6.54 Å². The molecule has 0 aromatic heterocycles. The summed E-state index contributed by atoms with van der Waals surface area (Å²) in [4.78, 5) is 11.9. The molecule has 0 saturated heterocycles. The van der Waals surface area contributed by atoms with Gasteiger partial charge in [0.25, 0.3) is 0 Å². The van der Waals surface area contributed by atoms with Gasteiger partial charge < -0.3 is 14.8 Å². The van der Waals surface area contributed by atoms with E-state index in [2.05, 4.69) is 12.2 Å². The Morgan fingerprint density at radius 3 is 2.64 bits per heavy atom. The minimum Gasteiger partial charge on any atom is -0.497 e. The van der Waals surface area contributed by atoms with Crippen molar-refractivity contribution >= 4 is 5.91 Å². The Labute approximate surface area is 133 Å². The van der Waals surface area contributed by atoms with Crippen LogP contribution in [-0.4, -0.2) is 32.3 Å². The van der Waals surface area contributed by atoms with Gasteiger partial charge in [-0.25, -0.2) is 0 Å². The average molecular weight is 305 g/mol. The molecule has 1 N–H and O–H groups in total. The van der Waals surface area contributed by atoms with Crippen molar-refractivity contribution in [3.63, 3.8) is 0 Å². The van der Waals surface area contributed by atoms with E-state index >= 15 is 0 Å². The van der Waals surface area contributed by atoms with Crippen molar-refractivity contribution in [1.29, 1.82) is 0 Å². The van der Waals surface area contributed by atoms with Gasteiger partial charge in [0.05, 0.1) is 26.2 Å². The van der Waals surface area contributed by atoms with Gasteiger partial charge in [-0.05, 0) is 36.5 Å². The highest BCUT2D eigenvalue weighted by Crippen LogP contribution is 2.25. The third kappa shape index (κ3) is 5.34. The number of methoxy groups -OCH3 is 1. The summed E-state index contributed by atoms with van der Waals surface area (Å²) >= 11 is 0. The normalized spacial score (nSPS) is 21.4. The van der Waals surface area contributed by atoms with Crippen LogP contribution < -0.4 is 10.1 Å². The van der Waals surface area contributed by atoms with Crippen LogP contribution in [0.3, 0.4) is 0 Å². The van der Waals surface area contributed by atoms with Crippen LogP contribution in [0.1, 0.15) is 38.2 Å². The second-order valence-electron chi connectivity index (χ2n) is 6.05. The molecule has 122 valence electrons. The van der Waals surface area contributed by atoms with Crippen molar-refractivity contribution in [3.05, 3.63) is 29.8 Å². The third-order valence-corrected chi connectivity index (χ3v) is 4.31. The Balaban J connectivity index is 1.62. The van der Waals surface area contributed by atoms with Crippen molar-refractivity contribution in [3.8, 4) is 5.75 Å². The van der Waals surface area contributed by atoms with Gasteiger partial charge in [0.2, 0.25) is 5.91 Å². The molecule has 1 aliphatic carbocycles. The molecule has 0 radical (unpaired) electrons. The quantitative estimate of drug-likeness (QED) is 0.788. The SMILES string of the molecule is COc1ccc(CC(=O)NCCO[C@@H]2CCCC[C@H]2C)cc1. The first-order valence-electron chi connectivity index (χ1n) is 8.20. The van der Waals surface area contributed by atoms with E-state index in [1.54, 1.807) is 7.11 Å². The maximum absolute atomic E-state index is 11.9. The fourth-order valence-corrected chi connectivity index (χ4v) is 2.92. The van der Waals surface area contributed by atoms with Crippen LogP contribution in [0.5, 0.6) is 5.75 Å². The highest BCUT2D eigenvalue weighted by atomic mass is 16.5. The van der Waals surface area contributed by atoms with E-state index in [9.17, 15) is 4.79 Å². The molecule has 22 heavy (non-hydrogen) atoms. The van der Waals surface area contributed by atoms with E-state index in [0.29, 0.717) is 31.6 Å². The maximum Gasteiger partial charge on any atom is 0.224 e. The lowest BCUT2D eigenvalue weighted by atomic mass is 9.88. The molecule has 2 rings (SSSR count). The number of nitrogens with one attached hydrogen (secondary N) is 1.